The molecular weight excluding hydrogens is 310 g/mol. The Morgan fingerprint density at radius 3 is 1.60 bits per heavy atom. The lowest BCUT2D eigenvalue weighted by atomic mass is 10.0. The number of rotatable bonds is 20. The molecule has 0 aromatic heterocycles. The zero-order chi connectivity index (χ0) is 18.4. The smallest absolute Gasteiger partial charge is 0.305 e. The van der Waals surface area contributed by atoms with Crippen LogP contribution in [0.5, 0.6) is 0 Å². The number of carbonyl (C=O) groups excluding carboxylic acids is 1. The molecule has 0 aliphatic heterocycles. The van der Waals surface area contributed by atoms with Crippen molar-refractivity contribution in [2.24, 2.45) is 5.73 Å². The molecule has 0 aromatic rings. The first-order valence-corrected chi connectivity index (χ1v) is 11.2. The minimum atomic E-state index is -0.0121. The van der Waals surface area contributed by atoms with Gasteiger partial charge in [0, 0.05) is 6.42 Å². The summed E-state index contributed by atoms with van der Waals surface area (Å²) < 4.78 is 5.26. The van der Waals surface area contributed by atoms with Gasteiger partial charge in [0.1, 0.15) is 0 Å². The van der Waals surface area contributed by atoms with Crippen LogP contribution in [0.3, 0.4) is 0 Å². The van der Waals surface area contributed by atoms with E-state index in [0.29, 0.717) is 13.0 Å². The van der Waals surface area contributed by atoms with Gasteiger partial charge in [-0.15, -0.1) is 0 Å². The summed E-state index contributed by atoms with van der Waals surface area (Å²) >= 11 is 0. The molecule has 0 aliphatic rings. The molecule has 0 saturated carbocycles. The highest BCUT2D eigenvalue weighted by molar-refractivity contribution is 5.69. The molecule has 0 aliphatic carbocycles. The van der Waals surface area contributed by atoms with Crippen LogP contribution in [-0.4, -0.2) is 19.1 Å². The van der Waals surface area contributed by atoms with E-state index in [4.69, 9.17) is 10.5 Å². The lowest BCUT2D eigenvalue weighted by Crippen LogP contribution is -2.06. The van der Waals surface area contributed by atoms with Crippen molar-refractivity contribution in [2.75, 3.05) is 13.2 Å². The molecule has 0 heterocycles. The van der Waals surface area contributed by atoms with E-state index in [0.717, 1.165) is 38.6 Å². The molecule has 0 rings (SSSR count). The summed E-state index contributed by atoms with van der Waals surface area (Å²) in [6, 6.07) is 0. The highest BCUT2D eigenvalue weighted by atomic mass is 16.5. The van der Waals surface area contributed by atoms with E-state index in [1.165, 1.54) is 77.0 Å². The van der Waals surface area contributed by atoms with Gasteiger partial charge in [-0.2, -0.15) is 0 Å². The van der Waals surface area contributed by atoms with E-state index in [1.54, 1.807) is 0 Å². The molecule has 2 N–H and O–H groups in total. The summed E-state index contributed by atoms with van der Waals surface area (Å²) in [6.45, 7) is 3.62. The van der Waals surface area contributed by atoms with Crippen LogP contribution in [0.25, 0.3) is 0 Å². The second kappa shape index (κ2) is 21.5. The highest BCUT2D eigenvalue weighted by Crippen LogP contribution is 2.13. The largest absolute Gasteiger partial charge is 0.466 e. The topological polar surface area (TPSA) is 52.3 Å². The van der Waals surface area contributed by atoms with Gasteiger partial charge in [-0.05, 0) is 25.8 Å². The average molecular weight is 356 g/mol. The molecule has 0 spiro atoms. The molecule has 0 bridgehead atoms. The normalized spacial score (nSPS) is 11.0. The highest BCUT2D eigenvalue weighted by Gasteiger charge is 2.02. The fourth-order valence-electron chi connectivity index (χ4n) is 3.15. The fourth-order valence-corrected chi connectivity index (χ4v) is 3.15. The van der Waals surface area contributed by atoms with Gasteiger partial charge in [0.25, 0.3) is 0 Å². The van der Waals surface area contributed by atoms with Crippen molar-refractivity contribution in [2.45, 2.75) is 122 Å². The number of hydrogen-bond donors (Lipinski definition) is 1. The summed E-state index contributed by atoms with van der Waals surface area (Å²) in [5, 5.41) is 0. The Morgan fingerprint density at radius 2 is 1.08 bits per heavy atom. The summed E-state index contributed by atoms with van der Waals surface area (Å²) in [4.78, 5) is 11.6. The number of ether oxygens (including phenoxy) is 1. The SMILES string of the molecule is CCCCCCCCCCCCCCCC(=O)OCCCCCCN. The Balaban J connectivity index is 3.11. The van der Waals surface area contributed by atoms with Gasteiger partial charge in [0.15, 0.2) is 0 Å². The van der Waals surface area contributed by atoms with Crippen LogP contribution in [0.2, 0.25) is 0 Å². The second-order valence-electron chi connectivity index (χ2n) is 7.42. The van der Waals surface area contributed by atoms with Crippen molar-refractivity contribution < 1.29 is 9.53 Å². The Labute approximate surface area is 157 Å². The van der Waals surface area contributed by atoms with Gasteiger partial charge in [-0.3, -0.25) is 4.79 Å². The average Bonchev–Trinajstić information content (AvgIpc) is 2.62. The number of hydrogen-bond acceptors (Lipinski definition) is 3. The minimum Gasteiger partial charge on any atom is -0.466 e. The maximum Gasteiger partial charge on any atom is 0.305 e. The van der Waals surface area contributed by atoms with Crippen LogP contribution >= 0.6 is 0 Å². The molecular formula is C22H45NO2. The van der Waals surface area contributed by atoms with E-state index in [2.05, 4.69) is 6.92 Å². The predicted molar refractivity (Wildman–Crippen MR) is 109 cm³/mol. The van der Waals surface area contributed by atoms with E-state index < -0.39 is 0 Å². The van der Waals surface area contributed by atoms with Crippen LogP contribution in [0, 0.1) is 0 Å². The Hall–Kier alpha value is -0.570. The third-order valence-corrected chi connectivity index (χ3v) is 4.85. The number of nitrogens with two attached hydrogens (primary N) is 1. The van der Waals surface area contributed by atoms with Crippen molar-refractivity contribution in [3.05, 3.63) is 0 Å². The third-order valence-electron chi connectivity index (χ3n) is 4.85. The summed E-state index contributed by atoms with van der Waals surface area (Å²) in [5.74, 6) is -0.0121. The van der Waals surface area contributed by atoms with Gasteiger partial charge in [-0.1, -0.05) is 96.8 Å². The van der Waals surface area contributed by atoms with Crippen LogP contribution in [-0.2, 0) is 9.53 Å². The maximum atomic E-state index is 11.6. The molecule has 0 unspecified atom stereocenters. The standard InChI is InChI=1S/C22H45NO2/c1-2-3-4-5-6-7-8-9-10-11-12-13-16-19-22(24)25-21-18-15-14-17-20-23/h2-21,23H2,1H3. The molecule has 0 aromatic carbocycles. The first-order valence-electron chi connectivity index (χ1n) is 11.2. The fraction of sp³-hybridized carbons (Fsp3) is 0.955. The third kappa shape index (κ3) is 21.4. The molecule has 25 heavy (non-hydrogen) atoms. The van der Waals surface area contributed by atoms with Crippen molar-refractivity contribution in [1.29, 1.82) is 0 Å². The Kier molecular flexibility index (Phi) is 21.0. The minimum absolute atomic E-state index is 0.0121. The first-order chi connectivity index (χ1) is 12.3. The maximum absolute atomic E-state index is 11.6. The molecule has 0 fully saturated rings. The van der Waals surface area contributed by atoms with Crippen molar-refractivity contribution in [1.82, 2.24) is 0 Å². The van der Waals surface area contributed by atoms with E-state index in [9.17, 15) is 4.79 Å². The second-order valence-corrected chi connectivity index (χ2v) is 7.42. The monoisotopic (exact) mass is 355 g/mol. The Morgan fingerprint density at radius 1 is 0.640 bits per heavy atom. The summed E-state index contributed by atoms with van der Waals surface area (Å²) in [7, 11) is 0. The Bertz CT molecular complexity index is 269. The van der Waals surface area contributed by atoms with Crippen LogP contribution in [0.15, 0.2) is 0 Å². The number of unbranched alkanes of at least 4 members (excludes halogenated alkanes) is 15. The van der Waals surface area contributed by atoms with Crippen LogP contribution in [0.4, 0.5) is 0 Å². The summed E-state index contributed by atoms with van der Waals surface area (Å²) in [6.07, 6.45) is 22.3. The van der Waals surface area contributed by atoms with Crippen molar-refractivity contribution >= 4 is 5.97 Å². The van der Waals surface area contributed by atoms with Gasteiger partial charge < -0.3 is 10.5 Å². The summed E-state index contributed by atoms with van der Waals surface area (Å²) in [5.41, 5.74) is 5.45. The molecule has 150 valence electrons. The van der Waals surface area contributed by atoms with Crippen molar-refractivity contribution in [3.63, 3.8) is 0 Å². The lowest BCUT2D eigenvalue weighted by molar-refractivity contribution is -0.143. The van der Waals surface area contributed by atoms with E-state index >= 15 is 0 Å². The molecule has 0 saturated heterocycles. The lowest BCUT2D eigenvalue weighted by Gasteiger charge is -2.05. The zero-order valence-electron chi connectivity index (χ0n) is 17.0. The molecule has 3 nitrogen and oxygen atoms in total. The molecule has 0 atom stereocenters. The predicted octanol–water partition coefficient (Wildman–Crippen LogP) is 6.53. The first kappa shape index (κ1) is 24.4. The van der Waals surface area contributed by atoms with Gasteiger partial charge in [-0.25, -0.2) is 0 Å². The van der Waals surface area contributed by atoms with E-state index in [1.807, 2.05) is 0 Å². The quantitative estimate of drug-likeness (QED) is 0.199. The van der Waals surface area contributed by atoms with Crippen molar-refractivity contribution in [3.8, 4) is 0 Å². The van der Waals surface area contributed by atoms with Gasteiger partial charge >= 0.3 is 5.97 Å². The molecule has 0 radical (unpaired) electrons. The van der Waals surface area contributed by atoms with Crippen LogP contribution in [0.1, 0.15) is 122 Å². The molecule has 3 heteroatoms. The van der Waals surface area contributed by atoms with Crippen LogP contribution < -0.4 is 5.73 Å². The van der Waals surface area contributed by atoms with Gasteiger partial charge in [0.2, 0.25) is 0 Å². The number of carbonyl (C=O) groups is 1. The zero-order valence-corrected chi connectivity index (χ0v) is 17.0. The molecule has 0 amide bonds. The van der Waals surface area contributed by atoms with E-state index in [-0.39, 0.29) is 5.97 Å². The van der Waals surface area contributed by atoms with Gasteiger partial charge in [0.05, 0.1) is 6.61 Å². The number of esters is 1.